The molecule has 100 valence electrons. The standard InChI is InChI=1S/C12H11BrN2O4/c13-8-2-3-10(16)9(6-8)12(18)19-7-11(17)15-5-1-4-14/h2-3,6,16H,1,5,7H2,(H,15,17). The zero-order chi connectivity index (χ0) is 14.3. The van der Waals surface area contributed by atoms with E-state index in [0.717, 1.165) is 0 Å². The van der Waals surface area contributed by atoms with E-state index in [0.29, 0.717) is 4.47 Å². The van der Waals surface area contributed by atoms with Gasteiger partial charge in [-0.1, -0.05) is 15.9 Å². The number of halogens is 1. The van der Waals surface area contributed by atoms with Gasteiger partial charge >= 0.3 is 5.97 Å². The summed E-state index contributed by atoms with van der Waals surface area (Å²) >= 11 is 3.16. The zero-order valence-electron chi connectivity index (χ0n) is 9.85. The number of esters is 1. The molecule has 0 aliphatic heterocycles. The SMILES string of the molecule is N#CCCNC(=O)COC(=O)c1cc(Br)ccc1O. The molecule has 0 fully saturated rings. The summed E-state index contributed by atoms with van der Waals surface area (Å²) in [5.41, 5.74) is -0.0285. The monoisotopic (exact) mass is 326 g/mol. The van der Waals surface area contributed by atoms with Crippen LogP contribution in [0.1, 0.15) is 16.8 Å². The molecule has 7 heteroatoms. The van der Waals surface area contributed by atoms with Crippen molar-refractivity contribution in [3.8, 4) is 11.8 Å². The summed E-state index contributed by atoms with van der Waals surface area (Å²) in [7, 11) is 0. The normalized spacial score (nSPS) is 9.47. The van der Waals surface area contributed by atoms with Crippen molar-refractivity contribution in [3.05, 3.63) is 28.2 Å². The fourth-order valence-electron chi connectivity index (χ4n) is 1.19. The number of nitrogens with zero attached hydrogens (tertiary/aromatic N) is 1. The minimum Gasteiger partial charge on any atom is -0.507 e. The first-order valence-corrected chi connectivity index (χ1v) is 6.13. The van der Waals surface area contributed by atoms with Gasteiger partial charge < -0.3 is 15.2 Å². The number of amides is 1. The number of benzene rings is 1. The maximum atomic E-state index is 11.6. The van der Waals surface area contributed by atoms with E-state index in [9.17, 15) is 14.7 Å². The van der Waals surface area contributed by atoms with Crippen molar-refractivity contribution in [2.45, 2.75) is 6.42 Å². The largest absolute Gasteiger partial charge is 0.507 e. The van der Waals surface area contributed by atoms with Crippen molar-refractivity contribution in [2.24, 2.45) is 0 Å². The van der Waals surface area contributed by atoms with E-state index in [1.165, 1.54) is 12.1 Å². The Morgan fingerprint density at radius 2 is 2.21 bits per heavy atom. The fraction of sp³-hybridized carbons (Fsp3) is 0.250. The third kappa shape index (κ3) is 4.97. The highest BCUT2D eigenvalue weighted by molar-refractivity contribution is 9.10. The van der Waals surface area contributed by atoms with E-state index in [-0.39, 0.29) is 24.3 Å². The molecule has 1 amide bonds. The molecule has 0 aliphatic carbocycles. The number of carbonyl (C=O) groups is 2. The van der Waals surface area contributed by atoms with Gasteiger partial charge in [-0.15, -0.1) is 0 Å². The molecular formula is C12H11BrN2O4. The number of nitrogens with one attached hydrogen (secondary N) is 1. The number of phenolic OH excluding ortho intramolecular Hbond substituents is 1. The molecule has 0 saturated heterocycles. The first-order chi connectivity index (χ1) is 9.04. The molecule has 0 atom stereocenters. The Labute approximate surface area is 118 Å². The van der Waals surface area contributed by atoms with E-state index in [2.05, 4.69) is 21.2 Å². The molecule has 0 unspecified atom stereocenters. The van der Waals surface area contributed by atoms with Gasteiger partial charge in [0.1, 0.15) is 11.3 Å². The van der Waals surface area contributed by atoms with Crippen LogP contribution >= 0.6 is 15.9 Å². The molecule has 0 radical (unpaired) electrons. The van der Waals surface area contributed by atoms with Crippen molar-refractivity contribution in [2.75, 3.05) is 13.2 Å². The molecule has 2 N–H and O–H groups in total. The number of aromatic hydroxyl groups is 1. The van der Waals surface area contributed by atoms with E-state index >= 15 is 0 Å². The predicted octanol–water partition coefficient (Wildman–Crippen LogP) is 1.34. The number of rotatable bonds is 5. The quantitative estimate of drug-likeness (QED) is 0.628. The highest BCUT2D eigenvalue weighted by Gasteiger charge is 2.14. The summed E-state index contributed by atoms with van der Waals surface area (Å²) in [4.78, 5) is 22.9. The Hall–Kier alpha value is -2.07. The van der Waals surface area contributed by atoms with Crippen molar-refractivity contribution in [1.82, 2.24) is 5.32 Å². The second-order valence-electron chi connectivity index (χ2n) is 3.50. The van der Waals surface area contributed by atoms with E-state index in [1.54, 1.807) is 6.07 Å². The van der Waals surface area contributed by atoms with Gasteiger partial charge in [-0.05, 0) is 18.2 Å². The van der Waals surface area contributed by atoms with Crippen LogP contribution < -0.4 is 5.32 Å². The molecule has 1 aromatic carbocycles. The van der Waals surface area contributed by atoms with E-state index in [4.69, 9.17) is 10.00 Å². The van der Waals surface area contributed by atoms with Gasteiger partial charge in [-0.25, -0.2) is 4.79 Å². The van der Waals surface area contributed by atoms with Gasteiger partial charge in [0.2, 0.25) is 0 Å². The zero-order valence-corrected chi connectivity index (χ0v) is 11.4. The molecule has 19 heavy (non-hydrogen) atoms. The van der Waals surface area contributed by atoms with Crippen LogP contribution in [0.3, 0.4) is 0 Å². The topological polar surface area (TPSA) is 99.4 Å². The van der Waals surface area contributed by atoms with Crippen LogP contribution in [0, 0.1) is 11.3 Å². The summed E-state index contributed by atoms with van der Waals surface area (Å²) in [5, 5.41) is 20.2. The summed E-state index contributed by atoms with van der Waals surface area (Å²) in [6.07, 6.45) is 0.187. The highest BCUT2D eigenvalue weighted by atomic mass is 79.9. The molecule has 0 saturated carbocycles. The lowest BCUT2D eigenvalue weighted by Crippen LogP contribution is -2.29. The summed E-state index contributed by atoms with van der Waals surface area (Å²) in [6, 6.07) is 6.17. The van der Waals surface area contributed by atoms with Gasteiger partial charge in [0.15, 0.2) is 6.61 Å². The van der Waals surface area contributed by atoms with Crippen LogP contribution in [-0.2, 0) is 9.53 Å². The van der Waals surface area contributed by atoms with Crippen LogP contribution in [0.5, 0.6) is 5.75 Å². The van der Waals surface area contributed by atoms with Crippen LogP contribution in [0.2, 0.25) is 0 Å². The lowest BCUT2D eigenvalue weighted by molar-refractivity contribution is -0.124. The smallest absolute Gasteiger partial charge is 0.342 e. The molecule has 0 heterocycles. The number of ether oxygens (including phenoxy) is 1. The van der Waals surface area contributed by atoms with Crippen LogP contribution in [0.25, 0.3) is 0 Å². The van der Waals surface area contributed by atoms with Crippen molar-refractivity contribution >= 4 is 27.8 Å². The number of hydrogen-bond donors (Lipinski definition) is 2. The van der Waals surface area contributed by atoms with Gasteiger partial charge in [0.05, 0.1) is 12.5 Å². The highest BCUT2D eigenvalue weighted by Crippen LogP contribution is 2.22. The summed E-state index contributed by atoms with van der Waals surface area (Å²) in [6.45, 7) is -0.259. The van der Waals surface area contributed by atoms with E-state index in [1.807, 2.05) is 6.07 Å². The van der Waals surface area contributed by atoms with Crippen molar-refractivity contribution < 1.29 is 19.4 Å². The average Bonchev–Trinajstić information content (AvgIpc) is 2.39. The van der Waals surface area contributed by atoms with E-state index < -0.39 is 18.5 Å². The molecule has 1 rings (SSSR count). The van der Waals surface area contributed by atoms with Crippen LogP contribution in [-0.4, -0.2) is 30.1 Å². The first kappa shape index (κ1) is 15.0. The van der Waals surface area contributed by atoms with Crippen molar-refractivity contribution in [3.63, 3.8) is 0 Å². The Balaban J connectivity index is 2.49. The molecule has 0 bridgehead atoms. The third-order valence-electron chi connectivity index (χ3n) is 2.07. The second-order valence-corrected chi connectivity index (χ2v) is 4.41. The van der Waals surface area contributed by atoms with Crippen LogP contribution in [0.15, 0.2) is 22.7 Å². The Morgan fingerprint density at radius 1 is 1.47 bits per heavy atom. The predicted molar refractivity (Wildman–Crippen MR) is 69.3 cm³/mol. The second kappa shape index (κ2) is 7.38. The molecule has 1 aromatic rings. The average molecular weight is 327 g/mol. The molecule has 6 nitrogen and oxygen atoms in total. The van der Waals surface area contributed by atoms with Crippen LogP contribution in [0.4, 0.5) is 0 Å². The fourth-order valence-corrected chi connectivity index (χ4v) is 1.55. The lowest BCUT2D eigenvalue weighted by atomic mass is 10.2. The maximum Gasteiger partial charge on any atom is 0.342 e. The Bertz CT molecular complexity index is 525. The summed E-state index contributed by atoms with van der Waals surface area (Å²) < 4.78 is 5.35. The minimum atomic E-state index is -0.797. The Morgan fingerprint density at radius 3 is 2.89 bits per heavy atom. The maximum absolute atomic E-state index is 11.6. The minimum absolute atomic E-state index is 0.0285. The number of phenols is 1. The molecule has 0 aromatic heterocycles. The van der Waals surface area contributed by atoms with Gasteiger partial charge in [-0.2, -0.15) is 5.26 Å². The number of carbonyl (C=O) groups excluding carboxylic acids is 2. The lowest BCUT2D eigenvalue weighted by Gasteiger charge is -2.06. The van der Waals surface area contributed by atoms with Gasteiger partial charge in [0, 0.05) is 11.0 Å². The number of nitriles is 1. The third-order valence-corrected chi connectivity index (χ3v) is 2.57. The van der Waals surface area contributed by atoms with Gasteiger partial charge in [-0.3, -0.25) is 4.79 Å². The molecular weight excluding hydrogens is 316 g/mol. The first-order valence-electron chi connectivity index (χ1n) is 5.34. The summed E-state index contributed by atoms with van der Waals surface area (Å²) in [5.74, 6) is -1.52. The van der Waals surface area contributed by atoms with Gasteiger partial charge in [0.25, 0.3) is 5.91 Å². The molecule has 0 aliphatic rings. The Kier molecular flexibility index (Phi) is 5.82. The molecule has 0 spiro atoms. The van der Waals surface area contributed by atoms with Crippen molar-refractivity contribution in [1.29, 1.82) is 5.26 Å². The number of hydrogen-bond acceptors (Lipinski definition) is 5.